The zero-order chi connectivity index (χ0) is 14.7. The van der Waals surface area contributed by atoms with Crippen molar-refractivity contribution in [3.8, 4) is 5.75 Å². The van der Waals surface area contributed by atoms with Crippen LogP contribution in [0.3, 0.4) is 0 Å². The fraction of sp³-hybridized carbons (Fsp3) is 0.500. The Bertz CT molecular complexity index is 544. The fourth-order valence-corrected chi connectivity index (χ4v) is 3.01. The van der Waals surface area contributed by atoms with Crippen molar-refractivity contribution in [1.82, 2.24) is 10.0 Å². The third kappa shape index (κ3) is 6.24. The SMILES string of the molecule is CC(C)(CNCc1cc(Cl)ccc1O)NS(C)(=O)=O. The second-order valence-corrected chi connectivity index (χ2v) is 7.32. The van der Waals surface area contributed by atoms with Crippen LogP contribution in [0.2, 0.25) is 5.02 Å². The Balaban J connectivity index is 2.56. The maximum atomic E-state index is 11.2. The van der Waals surface area contributed by atoms with Gasteiger partial charge in [-0.25, -0.2) is 13.1 Å². The average molecular weight is 307 g/mol. The number of hydrogen-bond donors (Lipinski definition) is 3. The van der Waals surface area contributed by atoms with E-state index in [1.165, 1.54) is 6.07 Å². The molecule has 0 atom stereocenters. The molecule has 19 heavy (non-hydrogen) atoms. The highest BCUT2D eigenvalue weighted by Crippen LogP contribution is 2.21. The molecule has 0 aliphatic rings. The Hall–Kier alpha value is -0.820. The Morgan fingerprint density at radius 1 is 1.37 bits per heavy atom. The highest BCUT2D eigenvalue weighted by molar-refractivity contribution is 7.88. The van der Waals surface area contributed by atoms with Crippen molar-refractivity contribution in [2.45, 2.75) is 25.9 Å². The molecule has 0 spiro atoms. The van der Waals surface area contributed by atoms with E-state index in [1.54, 1.807) is 26.0 Å². The lowest BCUT2D eigenvalue weighted by molar-refractivity contribution is 0.415. The van der Waals surface area contributed by atoms with E-state index in [-0.39, 0.29) is 5.75 Å². The first-order chi connectivity index (χ1) is 8.59. The summed E-state index contributed by atoms with van der Waals surface area (Å²) in [4.78, 5) is 0. The molecule has 1 aromatic rings. The van der Waals surface area contributed by atoms with Crippen LogP contribution in [0.1, 0.15) is 19.4 Å². The van der Waals surface area contributed by atoms with E-state index in [4.69, 9.17) is 11.6 Å². The van der Waals surface area contributed by atoms with E-state index < -0.39 is 15.6 Å². The molecule has 0 aromatic heterocycles. The smallest absolute Gasteiger partial charge is 0.209 e. The fourth-order valence-electron chi connectivity index (χ4n) is 1.74. The number of halogens is 1. The summed E-state index contributed by atoms with van der Waals surface area (Å²) in [6.07, 6.45) is 1.12. The van der Waals surface area contributed by atoms with Gasteiger partial charge in [0.1, 0.15) is 5.75 Å². The predicted molar refractivity (Wildman–Crippen MR) is 76.9 cm³/mol. The number of nitrogens with one attached hydrogen (secondary N) is 2. The largest absolute Gasteiger partial charge is 0.508 e. The minimum absolute atomic E-state index is 0.158. The number of phenolic OH excluding ortho intramolecular Hbond substituents is 1. The van der Waals surface area contributed by atoms with Crippen molar-refractivity contribution in [3.05, 3.63) is 28.8 Å². The van der Waals surface area contributed by atoms with Gasteiger partial charge in [-0.05, 0) is 32.0 Å². The standard InChI is InChI=1S/C12H19ClN2O3S/c1-12(2,15-19(3,17)18)8-14-7-9-6-10(13)4-5-11(9)16/h4-6,14-16H,7-8H2,1-3H3. The van der Waals surface area contributed by atoms with Crippen LogP contribution in [0, 0.1) is 0 Å². The van der Waals surface area contributed by atoms with Crippen LogP contribution in [0.5, 0.6) is 5.75 Å². The van der Waals surface area contributed by atoms with Crippen molar-refractivity contribution < 1.29 is 13.5 Å². The monoisotopic (exact) mass is 306 g/mol. The van der Waals surface area contributed by atoms with Gasteiger partial charge in [-0.3, -0.25) is 0 Å². The molecule has 0 amide bonds. The lowest BCUT2D eigenvalue weighted by atomic mass is 10.1. The number of sulfonamides is 1. The predicted octanol–water partition coefficient (Wildman–Crippen LogP) is 1.46. The molecule has 1 aromatic carbocycles. The summed E-state index contributed by atoms with van der Waals surface area (Å²) in [6, 6.07) is 4.80. The number of aromatic hydroxyl groups is 1. The maximum absolute atomic E-state index is 11.2. The summed E-state index contributed by atoms with van der Waals surface area (Å²) < 4.78 is 24.9. The van der Waals surface area contributed by atoms with Gasteiger partial charge in [0.25, 0.3) is 0 Å². The summed E-state index contributed by atoms with van der Waals surface area (Å²) in [5.41, 5.74) is 0.0598. The molecule has 0 aliphatic heterocycles. The molecule has 0 aliphatic carbocycles. The normalized spacial score (nSPS) is 12.6. The number of rotatable bonds is 6. The van der Waals surface area contributed by atoms with Crippen molar-refractivity contribution >= 4 is 21.6 Å². The highest BCUT2D eigenvalue weighted by Gasteiger charge is 2.21. The molecule has 5 nitrogen and oxygen atoms in total. The third-order valence-electron chi connectivity index (χ3n) is 2.39. The Morgan fingerprint density at radius 3 is 2.58 bits per heavy atom. The first-order valence-electron chi connectivity index (χ1n) is 5.76. The molecular weight excluding hydrogens is 288 g/mol. The molecule has 108 valence electrons. The zero-order valence-corrected chi connectivity index (χ0v) is 12.8. The zero-order valence-electron chi connectivity index (χ0n) is 11.2. The van der Waals surface area contributed by atoms with Crippen LogP contribution in [0.25, 0.3) is 0 Å². The molecule has 0 fully saturated rings. The van der Waals surface area contributed by atoms with E-state index in [0.29, 0.717) is 23.7 Å². The molecule has 7 heteroatoms. The lowest BCUT2D eigenvalue weighted by Crippen LogP contribution is -2.49. The molecule has 0 saturated carbocycles. The van der Waals surface area contributed by atoms with Crippen molar-refractivity contribution in [1.29, 1.82) is 0 Å². The van der Waals surface area contributed by atoms with E-state index >= 15 is 0 Å². The highest BCUT2D eigenvalue weighted by atomic mass is 35.5. The van der Waals surface area contributed by atoms with E-state index in [2.05, 4.69) is 10.0 Å². The average Bonchev–Trinajstić information content (AvgIpc) is 2.19. The van der Waals surface area contributed by atoms with Gasteiger partial charge in [0, 0.05) is 29.2 Å². The van der Waals surface area contributed by atoms with E-state index in [1.807, 2.05) is 0 Å². The van der Waals surface area contributed by atoms with Gasteiger partial charge in [0.2, 0.25) is 10.0 Å². The molecule has 3 N–H and O–H groups in total. The summed E-state index contributed by atoms with van der Waals surface area (Å²) in [6.45, 7) is 4.38. The Morgan fingerprint density at radius 2 is 2.00 bits per heavy atom. The van der Waals surface area contributed by atoms with Gasteiger partial charge in [-0.15, -0.1) is 0 Å². The van der Waals surface area contributed by atoms with Gasteiger partial charge in [-0.2, -0.15) is 0 Å². The van der Waals surface area contributed by atoms with Crippen molar-refractivity contribution in [2.24, 2.45) is 0 Å². The van der Waals surface area contributed by atoms with Crippen molar-refractivity contribution in [3.63, 3.8) is 0 Å². The summed E-state index contributed by atoms with van der Waals surface area (Å²) in [5.74, 6) is 0.158. The molecule has 0 heterocycles. The maximum Gasteiger partial charge on any atom is 0.209 e. The molecule has 1 rings (SSSR count). The Labute approximate surface area is 119 Å². The van der Waals surface area contributed by atoms with Gasteiger partial charge in [-0.1, -0.05) is 11.6 Å². The summed E-state index contributed by atoms with van der Waals surface area (Å²) in [5, 5.41) is 13.3. The number of phenols is 1. The van der Waals surface area contributed by atoms with Crippen LogP contribution < -0.4 is 10.0 Å². The Kier molecular flexibility index (Phi) is 5.20. The second-order valence-electron chi connectivity index (χ2n) is 5.13. The van der Waals surface area contributed by atoms with Crippen LogP contribution in [0.15, 0.2) is 18.2 Å². The van der Waals surface area contributed by atoms with Gasteiger partial charge in [0.15, 0.2) is 0 Å². The molecule has 0 saturated heterocycles. The molecular formula is C12H19ClN2O3S. The summed E-state index contributed by atoms with van der Waals surface area (Å²) in [7, 11) is -3.25. The number of hydrogen-bond acceptors (Lipinski definition) is 4. The molecule has 0 bridgehead atoms. The van der Waals surface area contributed by atoms with Gasteiger partial charge in [0.05, 0.1) is 6.26 Å². The minimum atomic E-state index is -3.25. The molecule has 0 unspecified atom stereocenters. The van der Waals surface area contributed by atoms with Gasteiger partial charge < -0.3 is 10.4 Å². The quantitative estimate of drug-likeness (QED) is 0.743. The van der Waals surface area contributed by atoms with Gasteiger partial charge >= 0.3 is 0 Å². The summed E-state index contributed by atoms with van der Waals surface area (Å²) >= 11 is 5.84. The molecule has 0 radical (unpaired) electrons. The lowest BCUT2D eigenvalue weighted by Gasteiger charge is -2.25. The van der Waals surface area contributed by atoms with Crippen molar-refractivity contribution in [2.75, 3.05) is 12.8 Å². The first kappa shape index (κ1) is 16.2. The van der Waals surface area contributed by atoms with Crippen LogP contribution in [-0.2, 0) is 16.6 Å². The van der Waals surface area contributed by atoms with E-state index in [9.17, 15) is 13.5 Å². The first-order valence-corrected chi connectivity index (χ1v) is 8.03. The number of benzene rings is 1. The van der Waals surface area contributed by atoms with Crippen LogP contribution in [-0.4, -0.2) is 31.9 Å². The van der Waals surface area contributed by atoms with Crippen LogP contribution in [0.4, 0.5) is 0 Å². The minimum Gasteiger partial charge on any atom is -0.508 e. The topological polar surface area (TPSA) is 78.4 Å². The third-order valence-corrected chi connectivity index (χ3v) is 3.54. The second kappa shape index (κ2) is 6.09. The van der Waals surface area contributed by atoms with Crippen LogP contribution >= 0.6 is 11.6 Å². The van der Waals surface area contributed by atoms with E-state index in [0.717, 1.165) is 6.26 Å².